The Morgan fingerprint density at radius 3 is 2.62 bits per heavy atom. The molecule has 1 aliphatic rings. The monoisotopic (exact) mass is 337 g/mol. The second-order valence-electron chi connectivity index (χ2n) is 5.25. The molecule has 1 aliphatic heterocycles. The summed E-state index contributed by atoms with van der Waals surface area (Å²) in [5, 5.41) is 2.95. The van der Waals surface area contributed by atoms with Crippen molar-refractivity contribution in [3.8, 4) is 23.0 Å². The highest BCUT2D eigenvalue weighted by molar-refractivity contribution is 6.15. The van der Waals surface area contributed by atoms with Gasteiger partial charge in [-0.2, -0.15) is 0 Å². The van der Waals surface area contributed by atoms with Crippen LogP contribution in [0.1, 0.15) is 12.5 Å². The molecule has 0 saturated carbocycles. The third-order valence-electron chi connectivity index (χ3n) is 3.62. The number of nitrogens with one attached hydrogen (secondary N) is 2. The average molecular weight is 338 g/mol. The number of nitrogens with zero attached hydrogens (tertiary/aromatic N) is 1. The predicted octanol–water partition coefficient (Wildman–Crippen LogP) is 3.52. The molecule has 0 atom stereocenters. The number of halogens is 1. The number of benzene rings is 2. The van der Waals surface area contributed by atoms with Crippen molar-refractivity contribution in [2.24, 2.45) is 0 Å². The van der Waals surface area contributed by atoms with Gasteiger partial charge >= 0.3 is 0 Å². The van der Waals surface area contributed by atoms with Gasteiger partial charge in [0.2, 0.25) is 0 Å². The Hall–Kier alpha value is -2.74. The van der Waals surface area contributed by atoms with Gasteiger partial charge in [0.05, 0.1) is 5.57 Å². The number of para-hydroxylation sites is 1. The first kappa shape index (κ1) is 16.1. The molecule has 1 amide bonds. The number of carbonyl (C=O) groups excluding carboxylic acids is 1. The number of anilines is 1. The number of rotatable bonds is 3. The molecule has 5 heteroatoms. The van der Waals surface area contributed by atoms with Crippen molar-refractivity contribution in [3.63, 3.8) is 0 Å². The van der Waals surface area contributed by atoms with Gasteiger partial charge in [-0.1, -0.05) is 36.3 Å². The van der Waals surface area contributed by atoms with E-state index in [1.807, 2.05) is 55.5 Å². The fraction of sp³-hybridized carbons (Fsp3) is 0.105. The lowest BCUT2D eigenvalue weighted by atomic mass is 10.0. The van der Waals surface area contributed by atoms with Crippen LogP contribution in [0.25, 0.3) is 11.1 Å². The molecule has 120 valence electrons. The second-order valence-corrected chi connectivity index (χ2v) is 5.62. The fourth-order valence-electron chi connectivity index (χ4n) is 2.45. The molecule has 2 aromatic rings. The van der Waals surface area contributed by atoms with Crippen LogP contribution < -0.4 is 10.7 Å². The van der Waals surface area contributed by atoms with Crippen LogP contribution in [-0.4, -0.2) is 17.0 Å². The van der Waals surface area contributed by atoms with Crippen LogP contribution in [0.5, 0.6) is 0 Å². The van der Waals surface area contributed by atoms with E-state index in [1.165, 1.54) is 4.53 Å². The van der Waals surface area contributed by atoms with Gasteiger partial charge in [0.1, 0.15) is 0 Å². The third-order valence-corrected chi connectivity index (χ3v) is 3.84. The lowest BCUT2D eigenvalue weighted by Crippen LogP contribution is -2.22. The molecule has 0 spiro atoms. The maximum Gasteiger partial charge on any atom is 0.254 e. The summed E-state index contributed by atoms with van der Waals surface area (Å²) in [5.41, 5.74) is 7.10. The number of hydrogen-bond acceptors (Lipinski definition) is 3. The van der Waals surface area contributed by atoms with Crippen molar-refractivity contribution >= 4 is 23.4 Å². The van der Waals surface area contributed by atoms with Crippen LogP contribution in [0.15, 0.2) is 60.3 Å². The minimum absolute atomic E-state index is 0.174. The van der Waals surface area contributed by atoms with E-state index in [-0.39, 0.29) is 5.91 Å². The van der Waals surface area contributed by atoms with Gasteiger partial charge < -0.3 is 5.32 Å². The summed E-state index contributed by atoms with van der Waals surface area (Å²) >= 11 is 5.78. The van der Waals surface area contributed by atoms with Gasteiger partial charge in [0.25, 0.3) is 5.91 Å². The molecule has 4 nitrogen and oxygen atoms in total. The molecule has 0 bridgehead atoms. The molecular weight excluding hydrogens is 322 g/mol. The number of amides is 1. The van der Waals surface area contributed by atoms with Crippen LogP contribution in [0.4, 0.5) is 5.69 Å². The Morgan fingerprint density at radius 2 is 1.96 bits per heavy atom. The average Bonchev–Trinajstić information content (AvgIpc) is 3.03. The summed E-state index contributed by atoms with van der Waals surface area (Å²) in [4.78, 5) is 12.4. The minimum atomic E-state index is -0.174. The fourth-order valence-corrected chi connectivity index (χ4v) is 2.63. The Kier molecular flexibility index (Phi) is 4.85. The maximum absolute atomic E-state index is 12.4. The molecule has 2 aromatic carbocycles. The Morgan fingerprint density at radius 1 is 1.21 bits per heavy atom. The highest BCUT2D eigenvalue weighted by atomic mass is 35.5. The van der Waals surface area contributed by atoms with Gasteiger partial charge in [-0.05, 0) is 30.7 Å². The van der Waals surface area contributed by atoms with Gasteiger partial charge in [-0.15, -0.1) is 5.92 Å². The largest absolute Gasteiger partial charge is 0.322 e. The predicted molar refractivity (Wildman–Crippen MR) is 96.8 cm³/mol. The van der Waals surface area contributed by atoms with Gasteiger partial charge in [-0.25, -0.2) is 9.95 Å². The van der Waals surface area contributed by atoms with Crippen molar-refractivity contribution in [1.82, 2.24) is 9.95 Å². The number of carbonyl (C=O) groups is 1. The molecule has 0 saturated heterocycles. The molecule has 0 fully saturated rings. The lowest BCUT2D eigenvalue weighted by molar-refractivity contribution is -0.112. The normalized spacial score (nSPS) is 13.1. The van der Waals surface area contributed by atoms with Crippen molar-refractivity contribution in [2.45, 2.75) is 6.92 Å². The summed E-state index contributed by atoms with van der Waals surface area (Å²) in [6.45, 7) is 2.22. The SMILES string of the molecule is CC#Cc1ccc(-c2ccccc2NC(=O)C2=CN(Cl)NC2)cc1. The van der Waals surface area contributed by atoms with Crippen LogP contribution in [0.2, 0.25) is 0 Å². The first-order chi connectivity index (χ1) is 11.7. The molecule has 0 aliphatic carbocycles. The van der Waals surface area contributed by atoms with E-state index in [0.29, 0.717) is 12.1 Å². The van der Waals surface area contributed by atoms with E-state index >= 15 is 0 Å². The molecule has 0 aromatic heterocycles. The van der Waals surface area contributed by atoms with E-state index < -0.39 is 0 Å². The van der Waals surface area contributed by atoms with E-state index in [2.05, 4.69) is 22.6 Å². The number of hydrazine groups is 1. The third kappa shape index (κ3) is 3.60. The number of hydrogen-bond donors (Lipinski definition) is 2. The van der Waals surface area contributed by atoms with Gasteiger partial charge in [-0.3, -0.25) is 4.79 Å². The highest BCUT2D eigenvalue weighted by Gasteiger charge is 2.18. The van der Waals surface area contributed by atoms with Crippen LogP contribution >= 0.6 is 11.8 Å². The zero-order valence-electron chi connectivity index (χ0n) is 13.1. The second kappa shape index (κ2) is 7.22. The van der Waals surface area contributed by atoms with Crippen molar-refractivity contribution in [1.29, 1.82) is 0 Å². The summed E-state index contributed by atoms with van der Waals surface area (Å²) < 4.78 is 1.26. The minimum Gasteiger partial charge on any atom is -0.322 e. The summed E-state index contributed by atoms with van der Waals surface area (Å²) in [7, 11) is 0. The van der Waals surface area contributed by atoms with Crippen LogP contribution in [0.3, 0.4) is 0 Å². The highest BCUT2D eigenvalue weighted by Crippen LogP contribution is 2.28. The van der Waals surface area contributed by atoms with E-state index in [1.54, 1.807) is 6.20 Å². The maximum atomic E-state index is 12.4. The quantitative estimate of drug-likeness (QED) is 0.665. The first-order valence-electron chi connectivity index (χ1n) is 7.50. The van der Waals surface area contributed by atoms with Crippen molar-refractivity contribution in [3.05, 3.63) is 65.9 Å². The van der Waals surface area contributed by atoms with Gasteiger partial charge in [0, 0.05) is 41.3 Å². The molecular formula is C19H16ClN3O. The molecule has 2 N–H and O–H groups in total. The lowest BCUT2D eigenvalue weighted by Gasteiger charge is -2.11. The zero-order chi connectivity index (χ0) is 16.9. The molecule has 0 radical (unpaired) electrons. The first-order valence-corrected chi connectivity index (χ1v) is 7.84. The zero-order valence-corrected chi connectivity index (χ0v) is 13.9. The van der Waals surface area contributed by atoms with Crippen molar-refractivity contribution in [2.75, 3.05) is 11.9 Å². The summed E-state index contributed by atoms with van der Waals surface area (Å²) in [6, 6.07) is 15.6. The molecule has 0 unspecified atom stereocenters. The van der Waals surface area contributed by atoms with E-state index in [4.69, 9.17) is 11.8 Å². The van der Waals surface area contributed by atoms with E-state index in [0.717, 1.165) is 22.4 Å². The van der Waals surface area contributed by atoms with E-state index in [9.17, 15) is 4.79 Å². The molecule has 24 heavy (non-hydrogen) atoms. The molecule has 3 rings (SSSR count). The summed E-state index contributed by atoms with van der Waals surface area (Å²) in [5.74, 6) is 5.73. The standard InChI is InChI=1S/C19H16ClN3O/c1-2-5-14-8-10-15(11-9-14)17-6-3-4-7-18(17)22-19(24)16-12-21-23(20)13-16/h3-4,6-11,13,21H,12H2,1H3,(H,22,24). The van der Waals surface area contributed by atoms with Crippen LogP contribution in [-0.2, 0) is 4.79 Å². The van der Waals surface area contributed by atoms with Crippen LogP contribution in [0, 0.1) is 11.8 Å². The molecule has 1 heterocycles. The Labute approximate surface area is 146 Å². The van der Waals surface area contributed by atoms with Crippen molar-refractivity contribution < 1.29 is 4.79 Å². The van der Waals surface area contributed by atoms with Gasteiger partial charge in [0.15, 0.2) is 0 Å². The smallest absolute Gasteiger partial charge is 0.254 e. The topological polar surface area (TPSA) is 44.4 Å². The Bertz CT molecular complexity index is 847. The summed E-state index contributed by atoms with van der Waals surface area (Å²) in [6.07, 6.45) is 1.57. The Balaban J connectivity index is 1.86.